The van der Waals surface area contributed by atoms with Gasteiger partial charge in [0.2, 0.25) is 0 Å². The maximum absolute atomic E-state index is 14.1. The molecule has 0 aliphatic rings. The van der Waals surface area contributed by atoms with Crippen molar-refractivity contribution in [2.75, 3.05) is 6.61 Å². The molecule has 4 aromatic carbocycles. The molecule has 0 atom stereocenters. The minimum Gasteiger partial charge on any atom is -0.490 e. The molecule has 0 fully saturated rings. The fourth-order valence-electron chi connectivity index (χ4n) is 3.51. The van der Waals surface area contributed by atoms with Crippen LogP contribution in [0.4, 0.5) is 4.39 Å². The highest BCUT2D eigenvalue weighted by Gasteiger charge is 2.10. The van der Waals surface area contributed by atoms with Crippen molar-refractivity contribution >= 4 is 22.4 Å². The fraction of sp³-hybridized carbons (Fsp3) is 0.107. The second-order valence-corrected chi connectivity index (χ2v) is 7.26. The summed E-state index contributed by atoms with van der Waals surface area (Å²) in [4.78, 5) is 0. The summed E-state index contributed by atoms with van der Waals surface area (Å²) in [5.41, 5.74) is 2.30. The van der Waals surface area contributed by atoms with Crippen molar-refractivity contribution in [1.82, 2.24) is 0 Å². The zero-order valence-corrected chi connectivity index (χ0v) is 17.7. The van der Waals surface area contributed by atoms with Gasteiger partial charge in [-0.15, -0.1) is 0 Å². The SMILES string of the molecule is CCOc1cc(C=C(C#N)c2ccccc2F)ccc1OCc1ccc2ccccc2c1. The largest absolute Gasteiger partial charge is 0.490 e. The van der Waals surface area contributed by atoms with Gasteiger partial charge in [-0.25, -0.2) is 4.39 Å². The summed E-state index contributed by atoms with van der Waals surface area (Å²) in [6.07, 6.45) is 1.65. The van der Waals surface area contributed by atoms with Gasteiger partial charge in [0.25, 0.3) is 0 Å². The number of rotatable bonds is 7. The Hall–Kier alpha value is -4.10. The van der Waals surface area contributed by atoms with Crippen molar-refractivity contribution in [2.45, 2.75) is 13.5 Å². The summed E-state index contributed by atoms with van der Waals surface area (Å²) in [6, 6.07) is 28.2. The summed E-state index contributed by atoms with van der Waals surface area (Å²) in [5, 5.41) is 11.9. The Morgan fingerprint density at radius 1 is 0.875 bits per heavy atom. The van der Waals surface area contributed by atoms with Crippen LogP contribution >= 0.6 is 0 Å². The topological polar surface area (TPSA) is 42.2 Å². The molecular weight excluding hydrogens is 401 g/mol. The van der Waals surface area contributed by atoms with E-state index in [1.165, 1.54) is 11.5 Å². The van der Waals surface area contributed by atoms with Crippen LogP contribution in [-0.2, 0) is 6.61 Å². The predicted octanol–water partition coefficient (Wildman–Crippen LogP) is 7.02. The number of allylic oxidation sites excluding steroid dienone is 1. The van der Waals surface area contributed by atoms with E-state index >= 15 is 0 Å². The molecule has 0 aliphatic heterocycles. The van der Waals surface area contributed by atoms with Crippen LogP contribution in [0.3, 0.4) is 0 Å². The molecule has 32 heavy (non-hydrogen) atoms. The molecule has 0 aromatic heterocycles. The van der Waals surface area contributed by atoms with E-state index in [9.17, 15) is 9.65 Å². The number of hydrogen-bond donors (Lipinski definition) is 0. The minimum atomic E-state index is -0.430. The Bertz CT molecular complexity index is 1320. The number of ether oxygens (including phenoxy) is 2. The lowest BCUT2D eigenvalue weighted by atomic mass is 10.0. The molecule has 0 radical (unpaired) electrons. The Morgan fingerprint density at radius 3 is 2.44 bits per heavy atom. The second kappa shape index (κ2) is 9.80. The van der Waals surface area contributed by atoms with Crippen LogP contribution in [0.2, 0.25) is 0 Å². The third-order valence-corrected chi connectivity index (χ3v) is 5.07. The molecule has 0 aliphatic carbocycles. The Labute approximate surface area is 187 Å². The Balaban J connectivity index is 1.58. The van der Waals surface area contributed by atoms with Gasteiger partial charge in [-0.1, -0.05) is 60.7 Å². The molecule has 3 nitrogen and oxygen atoms in total. The maximum atomic E-state index is 14.1. The van der Waals surface area contributed by atoms with Gasteiger partial charge in [0.1, 0.15) is 12.4 Å². The van der Waals surface area contributed by atoms with E-state index in [0.717, 1.165) is 16.5 Å². The van der Waals surface area contributed by atoms with Crippen molar-refractivity contribution in [2.24, 2.45) is 0 Å². The van der Waals surface area contributed by atoms with Crippen molar-refractivity contribution < 1.29 is 13.9 Å². The van der Waals surface area contributed by atoms with E-state index in [-0.39, 0.29) is 11.1 Å². The van der Waals surface area contributed by atoms with Gasteiger partial charge in [-0.05, 0) is 59.2 Å². The van der Waals surface area contributed by atoms with E-state index in [1.807, 2.05) is 37.3 Å². The number of benzene rings is 4. The Morgan fingerprint density at radius 2 is 1.66 bits per heavy atom. The van der Waals surface area contributed by atoms with Crippen LogP contribution < -0.4 is 9.47 Å². The van der Waals surface area contributed by atoms with Crippen LogP contribution in [0.15, 0.2) is 84.9 Å². The first-order valence-electron chi connectivity index (χ1n) is 10.4. The van der Waals surface area contributed by atoms with Crippen molar-refractivity contribution in [3.05, 3.63) is 107 Å². The van der Waals surface area contributed by atoms with E-state index in [4.69, 9.17) is 9.47 Å². The smallest absolute Gasteiger partial charge is 0.161 e. The van der Waals surface area contributed by atoms with Gasteiger partial charge >= 0.3 is 0 Å². The highest BCUT2D eigenvalue weighted by Crippen LogP contribution is 2.31. The minimum absolute atomic E-state index is 0.246. The molecular formula is C28H22FNO2. The molecule has 0 bridgehead atoms. The average molecular weight is 423 g/mol. The normalized spacial score (nSPS) is 11.2. The van der Waals surface area contributed by atoms with E-state index in [0.29, 0.717) is 24.7 Å². The van der Waals surface area contributed by atoms with Gasteiger partial charge in [-0.3, -0.25) is 0 Å². The number of nitriles is 1. The van der Waals surface area contributed by atoms with Crippen molar-refractivity contribution in [3.63, 3.8) is 0 Å². The average Bonchev–Trinajstić information content (AvgIpc) is 2.82. The standard InChI is InChI=1S/C28H22FNO2/c1-2-31-28-17-20(15-24(18-30)25-9-5-6-10-26(25)29)12-14-27(28)32-19-21-11-13-22-7-3-4-8-23(22)16-21/h3-17H,2,19H2,1H3. The highest BCUT2D eigenvalue weighted by molar-refractivity contribution is 5.90. The molecule has 0 heterocycles. The second-order valence-electron chi connectivity index (χ2n) is 7.26. The first-order chi connectivity index (χ1) is 15.7. The lowest BCUT2D eigenvalue weighted by Gasteiger charge is -2.13. The monoisotopic (exact) mass is 423 g/mol. The van der Waals surface area contributed by atoms with Crippen LogP contribution in [-0.4, -0.2) is 6.61 Å². The number of halogens is 1. The van der Waals surface area contributed by atoms with E-state index in [1.54, 1.807) is 30.3 Å². The molecule has 4 aromatic rings. The molecule has 0 saturated carbocycles. The summed E-state index contributed by atoms with van der Waals surface area (Å²) in [6.45, 7) is 2.77. The summed E-state index contributed by atoms with van der Waals surface area (Å²) < 4.78 is 25.9. The molecule has 4 rings (SSSR count). The van der Waals surface area contributed by atoms with E-state index < -0.39 is 5.82 Å². The maximum Gasteiger partial charge on any atom is 0.161 e. The van der Waals surface area contributed by atoms with Crippen molar-refractivity contribution in [3.8, 4) is 17.6 Å². The first-order valence-corrected chi connectivity index (χ1v) is 10.4. The lowest BCUT2D eigenvalue weighted by molar-refractivity contribution is 0.269. The lowest BCUT2D eigenvalue weighted by Crippen LogP contribution is -2.00. The van der Waals surface area contributed by atoms with Crippen LogP contribution in [0.1, 0.15) is 23.6 Å². The van der Waals surface area contributed by atoms with Crippen LogP contribution in [0, 0.1) is 17.1 Å². The summed E-state index contributed by atoms with van der Waals surface area (Å²) in [7, 11) is 0. The summed E-state index contributed by atoms with van der Waals surface area (Å²) in [5.74, 6) is 0.759. The Kier molecular flexibility index (Phi) is 6.48. The quantitative estimate of drug-likeness (QED) is 0.237. The first kappa shape index (κ1) is 21.1. The molecule has 0 spiro atoms. The van der Waals surface area contributed by atoms with Gasteiger partial charge in [0, 0.05) is 5.56 Å². The van der Waals surface area contributed by atoms with Crippen LogP contribution in [0.5, 0.6) is 11.5 Å². The van der Waals surface area contributed by atoms with Gasteiger partial charge in [-0.2, -0.15) is 5.26 Å². The number of fused-ring (bicyclic) bond motifs is 1. The molecule has 4 heteroatoms. The van der Waals surface area contributed by atoms with Gasteiger partial charge < -0.3 is 9.47 Å². The van der Waals surface area contributed by atoms with E-state index in [2.05, 4.69) is 30.3 Å². The molecule has 158 valence electrons. The van der Waals surface area contributed by atoms with Crippen molar-refractivity contribution in [1.29, 1.82) is 5.26 Å². The van der Waals surface area contributed by atoms with Gasteiger partial charge in [0.15, 0.2) is 11.5 Å². The van der Waals surface area contributed by atoms with Crippen LogP contribution in [0.25, 0.3) is 22.4 Å². The third-order valence-electron chi connectivity index (χ3n) is 5.07. The summed E-state index contributed by atoms with van der Waals surface area (Å²) >= 11 is 0. The predicted molar refractivity (Wildman–Crippen MR) is 126 cm³/mol. The third kappa shape index (κ3) is 4.79. The number of nitrogens with zero attached hydrogens (tertiary/aromatic N) is 1. The molecule has 0 N–H and O–H groups in total. The molecule has 0 unspecified atom stereocenters. The number of hydrogen-bond acceptors (Lipinski definition) is 3. The molecule has 0 amide bonds. The molecule has 0 saturated heterocycles. The fourth-order valence-corrected chi connectivity index (χ4v) is 3.51. The van der Waals surface area contributed by atoms with Gasteiger partial charge in [0.05, 0.1) is 18.2 Å². The zero-order valence-electron chi connectivity index (χ0n) is 17.7. The highest BCUT2D eigenvalue weighted by atomic mass is 19.1. The zero-order chi connectivity index (χ0) is 22.3.